The lowest BCUT2D eigenvalue weighted by molar-refractivity contribution is 0.0955. The van der Waals surface area contributed by atoms with Crippen LogP contribution in [0.5, 0.6) is 0 Å². The summed E-state index contributed by atoms with van der Waals surface area (Å²) in [6.07, 6.45) is 0. The lowest BCUT2D eigenvalue weighted by atomic mass is 10.1. The van der Waals surface area contributed by atoms with E-state index < -0.39 is 15.9 Å². The molecule has 0 spiro atoms. The van der Waals surface area contributed by atoms with Crippen LogP contribution >= 0.6 is 22.6 Å². The Hall–Kier alpha value is -3.50. The number of para-hydroxylation sites is 1. The van der Waals surface area contributed by atoms with E-state index in [0.29, 0.717) is 5.71 Å². The van der Waals surface area contributed by atoms with Crippen LogP contribution in [0.4, 0.5) is 5.69 Å². The fourth-order valence-corrected chi connectivity index (χ4v) is 5.66. The third-order valence-electron chi connectivity index (χ3n) is 5.49. The maximum absolute atomic E-state index is 13.8. The second-order valence-electron chi connectivity index (χ2n) is 7.98. The normalized spacial score (nSPS) is 11.7. The molecular weight excluding hydrogens is 585 g/mol. The van der Waals surface area contributed by atoms with Gasteiger partial charge in [0.1, 0.15) is 0 Å². The molecule has 0 aliphatic heterocycles. The Labute approximate surface area is 224 Å². The molecule has 0 saturated heterocycles. The monoisotopic (exact) mass is 609 g/mol. The van der Waals surface area contributed by atoms with Crippen LogP contribution in [0.25, 0.3) is 0 Å². The van der Waals surface area contributed by atoms with Gasteiger partial charge in [-0.3, -0.25) is 9.10 Å². The van der Waals surface area contributed by atoms with E-state index >= 15 is 0 Å². The zero-order chi connectivity index (χ0) is 25.5. The number of nitrogens with zero attached hydrogens (tertiary/aromatic N) is 2. The molecule has 36 heavy (non-hydrogen) atoms. The second kappa shape index (κ2) is 11.5. The van der Waals surface area contributed by atoms with Gasteiger partial charge in [0.25, 0.3) is 15.9 Å². The SMILES string of the molecule is C/C(=N\NC(=O)c1ccccc1N(Cc1ccccc1)S(=O)(=O)c1ccccc1)c1cccc(I)c1. The molecule has 4 aromatic carbocycles. The van der Waals surface area contributed by atoms with Gasteiger partial charge >= 0.3 is 0 Å². The highest BCUT2D eigenvalue weighted by Gasteiger charge is 2.28. The number of carbonyl (C=O) groups is 1. The molecule has 0 fully saturated rings. The summed E-state index contributed by atoms with van der Waals surface area (Å²) in [5.74, 6) is -0.503. The van der Waals surface area contributed by atoms with Gasteiger partial charge in [-0.15, -0.1) is 0 Å². The maximum Gasteiger partial charge on any atom is 0.273 e. The van der Waals surface area contributed by atoms with Crippen molar-refractivity contribution in [2.45, 2.75) is 18.4 Å². The Morgan fingerprint density at radius 3 is 2.19 bits per heavy atom. The molecule has 8 heteroatoms. The largest absolute Gasteiger partial charge is 0.273 e. The Kier molecular flexibility index (Phi) is 8.17. The average molecular weight is 609 g/mol. The fraction of sp³-hybridized carbons (Fsp3) is 0.0714. The van der Waals surface area contributed by atoms with Gasteiger partial charge in [-0.25, -0.2) is 13.8 Å². The molecule has 0 heterocycles. The smallest absolute Gasteiger partial charge is 0.267 e. The van der Waals surface area contributed by atoms with Crippen LogP contribution in [0, 0.1) is 3.57 Å². The van der Waals surface area contributed by atoms with Crippen molar-refractivity contribution in [3.63, 3.8) is 0 Å². The summed E-state index contributed by atoms with van der Waals surface area (Å²) in [5, 5.41) is 4.26. The van der Waals surface area contributed by atoms with Crippen LogP contribution in [0.3, 0.4) is 0 Å². The first kappa shape index (κ1) is 25.6. The van der Waals surface area contributed by atoms with Crippen LogP contribution in [-0.2, 0) is 16.6 Å². The first-order valence-electron chi connectivity index (χ1n) is 11.2. The highest BCUT2D eigenvalue weighted by molar-refractivity contribution is 14.1. The van der Waals surface area contributed by atoms with Crippen LogP contribution in [0.2, 0.25) is 0 Å². The summed E-state index contributed by atoms with van der Waals surface area (Å²) < 4.78 is 29.8. The number of nitrogens with one attached hydrogen (secondary N) is 1. The third-order valence-corrected chi connectivity index (χ3v) is 7.93. The summed E-state index contributed by atoms with van der Waals surface area (Å²) in [4.78, 5) is 13.4. The van der Waals surface area contributed by atoms with Crippen LogP contribution in [0.1, 0.15) is 28.4 Å². The van der Waals surface area contributed by atoms with Crippen molar-refractivity contribution in [1.29, 1.82) is 0 Å². The van der Waals surface area contributed by atoms with Crippen molar-refractivity contribution in [1.82, 2.24) is 5.43 Å². The Bertz CT molecular complexity index is 1490. The van der Waals surface area contributed by atoms with E-state index in [-0.39, 0.29) is 22.7 Å². The molecule has 0 saturated carbocycles. The molecular formula is C28H24IN3O3S. The maximum atomic E-state index is 13.8. The molecule has 0 atom stereocenters. The molecule has 6 nitrogen and oxygen atoms in total. The van der Waals surface area contributed by atoms with E-state index in [1.807, 2.05) is 54.6 Å². The molecule has 182 valence electrons. The minimum absolute atomic E-state index is 0.0626. The van der Waals surface area contributed by atoms with Gasteiger partial charge in [0.05, 0.1) is 28.4 Å². The van der Waals surface area contributed by atoms with Gasteiger partial charge in [0.15, 0.2) is 0 Å². The van der Waals surface area contributed by atoms with E-state index in [1.54, 1.807) is 61.5 Å². The number of hydrazone groups is 1. The molecule has 1 N–H and O–H groups in total. The predicted molar refractivity (Wildman–Crippen MR) is 152 cm³/mol. The number of halogens is 1. The number of hydrogen-bond acceptors (Lipinski definition) is 4. The summed E-state index contributed by atoms with van der Waals surface area (Å²) >= 11 is 2.22. The third kappa shape index (κ3) is 6.00. The van der Waals surface area contributed by atoms with Crippen LogP contribution in [0.15, 0.2) is 119 Å². The van der Waals surface area contributed by atoms with Crippen molar-refractivity contribution < 1.29 is 13.2 Å². The molecule has 4 rings (SSSR count). The predicted octanol–water partition coefficient (Wildman–Crippen LogP) is 5.84. The minimum atomic E-state index is -3.97. The van der Waals surface area contributed by atoms with Gasteiger partial charge in [-0.05, 0) is 77.0 Å². The minimum Gasteiger partial charge on any atom is -0.267 e. The Balaban J connectivity index is 1.72. The van der Waals surface area contributed by atoms with Gasteiger partial charge < -0.3 is 0 Å². The van der Waals surface area contributed by atoms with E-state index in [4.69, 9.17) is 0 Å². The lowest BCUT2D eigenvalue weighted by Crippen LogP contribution is -2.33. The molecule has 1 amide bonds. The number of carbonyl (C=O) groups excluding carboxylic acids is 1. The van der Waals surface area contributed by atoms with Gasteiger partial charge in [-0.2, -0.15) is 5.10 Å². The number of amides is 1. The highest BCUT2D eigenvalue weighted by Crippen LogP contribution is 2.29. The number of hydrogen-bond donors (Lipinski definition) is 1. The van der Waals surface area contributed by atoms with Crippen molar-refractivity contribution in [3.8, 4) is 0 Å². The van der Waals surface area contributed by atoms with E-state index in [2.05, 4.69) is 33.1 Å². The molecule has 0 aliphatic rings. The number of anilines is 1. The molecule has 4 aromatic rings. The summed E-state index contributed by atoms with van der Waals surface area (Å²) in [7, 11) is -3.97. The van der Waals surface area contributed by atoms with Crippen molar-refractivity contribution in [3.05, 3.63) is 129 Å². The number of benzene rings is 4. The fourth-order valence-electron chi connectivity index (χ4n) is 3.62. The average Bonchev–Trinajstić information content (AvgIpc) is 2.91. The summed E-state index contributed by atoms with van der Waals surface area (Å²) in [6.45, 7) is 1.87. The summed E-state index contributed by atoms with van der Waals surface area (Å²) in [5.41, 5.74) is 5.37. The molecule has 0 aromatic heterocycles. The lowest BCUT2D eigenvalue weighted by Gasteiger charge is -2.26. The topological polar surface area (TPSA) is 78.8 Å². The molecule has 0 radical (unpaired) electrons. The zero-order valence-electron chi connectivity index (χ0n) is 19.5. The first-order chi connectivity index (χ1) is 17.4. The molecule has 0 bridgehead atoms. The van der Waals surface area contributed by atoms with Crippen LogP contribution < -0.4 is 9.73 Å². The number of rotatable bonds is 8. The number of sulfonamides is 1. The molecule has 0 aliphatic carbocycles. The zero-order valence-corrected chi connectivity index (χ0v) is 22.5. The van der Waals surface area contributed by atoms with E-state index in [9.17, 15) is 13.2 Å². The first-order valence-corrected chi connectivity index (χ1v) is 13.7. The Morgan fingerprint density at radius 1 is 0.861 bits per heavy atom. The van der Waals surface area contributed by atoms with E-state index in [1.165, 1.54) is 4.31 Å². The van der Waals surface area contributed by atoms with Crippen molar-refractivity contribution in [2.75, 3.05) is 4.31 Å². The highest BCUT2D eigenvalue weighted by atomic mass is 127. The molecule has 0 unspecified atom stereocenters. The van der Waals surface area contributed by atoms with Crippen LogP contribution in [-0.4, -0.2) is 20.0 Å². The Morgan fingerprint density at radius 2 is 1.50 bits per heavy atom. The van der Waals surface area contributed by atoms with Crippen molar-refractivity contribution in [2.24, 2.45) is 5.10 Å². The van der Waals surface area contributed by atoms with Gasteiger partial charge in [0.2, 0.25) is 0 Å². The second-order valence-corrected chi connectivity index (χ2v) is 11.1. The quantitative estimate of drug-likeness (QED) is 0.155. The van der Waals surface area contributed by atoms with Gasteiger partial charge in [0, 0.05) is 3.57 Å². The van der Waals surface area contributed by atoms with Crippen molar-refractivity contribution >= 4 is 49.9 Å². The van der Waals surface area contributed by atoms with Gasteiger partial charge in [-0.1, -0.05) is 72.8 Å². The van der Waals surface area contributed by atoms with E-state index in [0.717, 1.165) is 14.7 Å². The standard InChI is InChI=1S/C28H24IN3O3S/c1-21(23-13-10-14-24(29)19-23)30-31-28(33)26-17-8-9-18-27(26)32(20-22-11-4-2-5-12-22)36(34,35)25-15-6-3-7-16-25/h2-19H,20H2,1H3,(H,31,33)/b30-21+. The summed E-state index contributed by atoms with van der Waals surface area (Å²) in [6, 6.07) is 31.9.